The minimum Gasteiger partial charge on any atom is -0.394 e. The number of hydrogen-bond acceptors (Lipinski definition) is 2. The van der Waals surface area contributed by atoms with Crippen LogP contribution in [-0.4, -0.2) is 11.7 Å². The third-order valence-corrected chi connectivity index (χ3v) is 2.57. The van der Waals surface area contributed by atoms with Crippen LogP contribution >= 0.6 is 15.9 Å². The number of aliphatic hydroxyl groups is 1. The van der Waals surface area contributed by atoms with E-state index in [4.69, 9.17) is 10.8 Å². The zero-order valence-corrected chi connectivity index (χ0v) is 8.84. The van der Waals surface area contributed by atoms with Gasteiger partial charge in [-0.25, -0.2) is 8.78 Å². The average molecular weight is 266 g/mol. The molecule has 1 aromatic rings. The Morgan fingerprint density at radius 3 is 2.50 bits per heavy atom. The molecule has 1 atom stereocenters. The predicted molar refractivity (Wildman–Crippen MR) is 53.1 cm³/mol. The fourth-order valence-corrected chi connectivity index (χ4v) is 1.63. The molecule has 0 aromatic heterocycles. The maximum Gasteiger partial charge on any atom is 0.264 e. The first-order chi connectivity index (χ1) is 6.56. The molecule has 1 rings (SSSR count). The van der Waals surface area contributed by atoms with Gasteiger partial charge in [-0.1, -0.05) is 28.1 Å². The van der Waals surface area contributed by atoms with E-state index in [2.05, 4.69) is 15.9 Å². The van der Waals surface area contributed by atoms with Gasteiger partial charge in [0.25, 0.3) is 6.43 Å². The SMILES string of the molecule is NC(CO)c1ccc(C(F)F)c(Br)c1. The smallest absolute Gasteiger partial charge is 0.264 e. The lowest BCUT2D eigenvalue weighted by Gasteiger charge is -2.10. The van der Waals surface area contributed by atoms with Gasteiger partial charge in [0.1, 0.15) is 0 Å². The van der Waals surface area contributed by atoms with E-state index < -0.39 is 12.5 Å². The Balaban J connectivity index is 3.00. The number of benzene rings is 1. The highest BCUT2D eigenvalue weighted by Crippen LogP contribution is 2.29. The van der Waals surface area contributed by atoms with Crippen molar-refractivity contribution in [1.29, 1.82) is 0 Å². The molecule has 2 nitrogen and oxygen atoms in total. The lowest BCUT2D eigenvalue weighted by atomic mass is 10.1. The number of aliphatic hydroxyl groups excluding tert-OH is 1. The van der Waals surface area contributed by atoms with Gasteiger partial charge in [-0.3, -0.25) is 0 Å². The Morgan fingerprint density at radius 2 is 2.07 bits per heavy atom. The molecule has 3 N–H and O–H groups in total. The van der Waals surface area contributed by atoms with E-state index in [0.29, 0.717) is 10.0 Å². The maximum absolute atomic E-state index is 12.3. The summed E-state index contributed by atoms with van der Waals surface area (Å²) in [6, 6.07) is 3.77. The molecular weight excluding hydrogens is 256 g/mol. The van der Waals surface area contributed by atoms with Gasteiger partial charge in [0.05, 0.1) is 12.6 Å². The van der Waals surface area contributed by atoms with Crippen LogP contribution in [0.2, 0.25) is 0 Å². The van der Waals surface area contributed by atoms with Crippen LogP contribution in [0.25, 0.3) is 0 Å². The molecule has 78 valence electrons. The molecule has 0 spiro atoms. The van der Waals surface area contributed by atoms with Crippen LogP contribution in [0.15, 0.2) is 22.7 Å². The van der Waals surface area contributed by atoms with E-state index in [0.717, 1.165) is 0 Å². The highest BCUT2D eigenvalue weighted by Gasteiger charge is 2.13. The van der Waals surface area contributed by atoms with Gasteiger partial charge in [0, 0.05) is 10.0 Å². The quantitative estimate of drug-likeness (QED) is 0.882. The summed E-state index contributed by atoms with van der Waals surface area (Å²) in [7, 11) is 0. The first kappa shape index (κ1) is 11.6. The summed E-state index contributed by atoms with van der Waals surface area (Å²) in [6.07, 6.45) is -2.51. The van der Waals surface area contributed by atoms with Gasteiger partial charge in [0.2, 0.25) is 0 Å². The minimum absolute atomic E-state index is 0.0705. The van der Waals surface area contributed by atoms with Gasteiger partial charge >= 0.3 is 0 Å². The first-order valence-corrected chi connectivity index (χ1v) is 4.79. The van der Waals surface area contributed by atoms with Crippen LogP contribution in [0.3, 0.4) is 0 Å². The minimum atomic E-state index is -2.51. The molecule has 0 saturated heterocycles. The van der Waals surface area contributed by atoms with Crippen molar-refractivity contribution in [2.75, 3.05) is 6.61 Å². The molecule has 1 aromatic carbocycles. The number of alkyl halides is 2. The molecule has 14 heavy (non-hydrogen) atoms. The van der Waals surface area contributed by atoms with Crippen LogP contribution in [0.5, 0.6) is 0 Å². The van der Waals surface area contributed by atoms with Crippen molar-refractivity contribution < 1.29 is 13.9 Å². The standard InChI is InChI=1S/C9H10BrF2NO/c10-7-3-5(8(13)4-14)1-2-6(7)9(11)12/h1-3,8-9,14H,4,13H2. The highest BCUT2D eigenvalue weighted by atomic mass is 79.9. The van der Waals surface area contributed by atoms with Gasteiger partial charge in [-0.15, -0.1) is 0 Å². The Labute approximate surface area is 88.9 Å². The van der Waals surface area contributed by atoms with Gasteiger partial charge in [-0.2, -0.15) is 0 Å². The lowest BCUT2D eigenvalue weighted by molar-refractivity contribution is 0.150. The fourth-order valence-electron chi connectivity index (χ4n) is 1.06. The summed E-state index contributed by atoms with van der Waals surface area (Å²) in [5, 5.41) is 8.77. The molecule has 0 fully saturated rings. The second-order valence-electron chi connectivity index (χ2n) is 2.87. The van der Waals surface area contributed by atoms with Crippen LogP contribution in [0, 0.1) is 0 Å². The van der Waals surface area contributed by atoms with Crippen molar-refractivity contribution in [2.45, 2.75) is 12.5 Å². The Bertz CT molecular complexity index is 320. The summed E-state index contributed by atoms with van der Waals surface area (Å²) in [5.41, 5.74) is 6.09. The molecule has 0 radical (unpaired) electrons. The molecule has 0 saturated carbocycles. The second-order valence-corrected chi connectivity index (χ2v) is 3.73. The molecule has 0 heterocycles. The summed E-state index contributed by atoms with van der Waals surface area (Å²) in [6.45, 7) is -0.208. The van der Waals surface area contributed by atoms with Crippen LogP contribution < -0.4 is 5.73 Å². The summed E-state index contributed by atoms with van der Waals surface area (Å²) in [4.78, 5) is 0. The Hall–Kier alpha value is -0.520. The van der Waals surface area contributed by atoms with Gasteiger partial charge in [0.15, 0.2) is 0 Å². The van der Waals surface area contributed by atoms with Crippen LogP contribution in [0.4, 0.5) is 8.78 Å². The molecule has 0 amide bonds. The van der Waals surface area contributed by atoms with Crippen molar-refractivity contribution in [1.82, 2.24) is 0 Å². The number of hydrogen-bond donors (Lipinski definition) is 2. The Kier molecular flexibility index (Phi) is 3.97. The van der Waals surface area contributed by atoms with Crippen LogP contribution in [0.1, 0.15) is 23.6 Å². The van der Waals surface area contributed by atoms with E-state index in [1.165, 1.54) is 18.2 Å². The molecule has 1 unspecified atom stereocenters. The average Bonchev–Trinajstić information content (AvgIpc) is 2.15. The number of halogens is 3. The normalized spacial score (nSPS) is 13.3. The molecule has 5 heteroatoms. The van der Waals surface area contributed by atoms with E-state index >= 15 is 0 Å². The molecular formula is C9H10BrF2NO. The van der Waals surface area contributed by atoms with Crippen molar-refractivity contribution in [3.8, 4) is 0 Å². The third-order valence-electron chi connectivity index (χ3n) is 1.88. The third kappa shape index (κ3) is 2.50. The monoisotopic (exact) mass is 265 g/mol. The molecule has 0 aliphatic rings. The van der Waals surface area contributed by atoms with Crippen molar-refractivity contribution in [3.05, 3.63) is 33.8 Å². The zero-order valence-electron chi connectivity index (χ0n) is 7.25. The van der Waals surface area contributed by atoms with E-state index in [-0.39, 0.29) is 12.2 Å². The highest BCUT2D eigenvalue weighted by molar-refractivity contribution is 9.10. The maximum atomic E-state index is 12.3. The zero-order chi connectivity index (χ0) is 10.7. The predicted octanol–water partition coefficient (Wildman–Crippen LogP) is 2.38. The van der Waals surface area contributed by atoms with E-state index in [1.54, 1.807) is 0 Å². The largest absolute Gasteiger partial charge is 0.394 e. The van der Waals surface area contributed by atoms with Crippen molar-refractivity contribution in [3.63, 3.8) is 0 Å². The number of nitrogens with two attached hydrogens (primary N) is 1. The summed E-state index contributed by atoms with van der Waals surface area (Å²) >= 11 is 3.03. The number of rotatable bonds is 3. The lowest BCUT2D eigenvalue weighted by Crippen LogP contribution is -2.14. The summed E-state index contributed by atoms with van der Waals surface area (Å²) < 4.78 is 25.0. The van der Waals surface area contributed by atoms with E-state index in [1.807, 2.05) is 0 Å². The topological polar surface area (TPSA) is 46.2 Å². The molecule has 0 aliphatic carbocycles. The fraction of sp³-hybridized carbons (Fsp3) is 0.333. The van der Waals surface area contributed by atoms with Crippen molar-refractivity contribution >= 4 is 15.9 Å². The van der Waals surface area contributed by atoms with Gasteiger partial charge < -0.3 is 10.8 Å². The van der Waals surface area contributed by atoms with E-state index in [9.17, 15) is 8.78 Å². The summed E-state index contributed by atoms with van der Waals surface area (Å²) in [5.74, 6) is 0. The second kappa shape index (κ2) is 4.82. The van der Waals surface area contributed by atoms with Crippen LogP contribution in [-0.2, 0) is 0 Å². The molecule has 0 aliphatic heterocycles. The first-order valence-electron chi connectivity index (χ1n) is 4.00. The Morgan fingerprint density at radius 1 is 1.43 bits per heavy atom. The van der Waals surface area contributed by atoms with Gasteiger partial charge in [-0.05, 0) is 11.6 Å². The molecule has 0 bridgehead atoms. The van der Waals surface area contributed by atoms with Crippen molar-refractivity contribution in [2.24, 2.45) is 5.73 Å².